The van der Waals surface area contributed by atoms with Gasteiger partial charge in [-0.1, -0.05) is 0 Å². The second-order valence-electron chi connectivity index (χ2n) is 4.17. The lowest BCUT2D eigenvalue weighted by molar-refractivity contribution is -0.113. The molecule has 112 valence electrons. The highest BCUT2D eigenvalue weighted by Gasteiger charge is 2.16. The molecule has 21 heavy (non-hydrogen) atoms. The summed E-state index contributed by atoms with van der Waals surface area (Å²) < 4.78 is 9.73. The molecule has 0 atom stereocenters. The molecule has 0 aliphatic heterocycles. The van der Waals surface area contributed by atoms with E-state index < -0.39 is 24.1 Å². The Morgan fingerprint density at radius 2 is 2.00 bits per heavy atom. The van der Waals surface area contributed by atoms with Crippen molar-refractivity contribution in [1.82, 2.24) is 4.98 Å². The van der Waals surface area contributed by atoms with Gasteiger partial charge in [-0.2, -0.15) is 0 Å². The summed E-state index contributed by atoms with van der Waals surface area (Å²) in [6.07, 6.45) is 1.27. The van der Waals surface area contributed by atoms with E-state index >= 15 is 0 Å². The van der Waals surface area contributed by atoms with Crippen molar-refractivity contribution in [3.8, 4) is 5.88 Å². The summed E-state index contributed by atoms with van der Waals surface area (Å²) in [5.41, 5.74) is -0.0719. The van der Waals surface area contributed by atoms with E-state index in [2.05, 4.69) is 4.98 Å². The molecule has 1 aromatic heterocycles. The first-order valence-electron chi connectivity index (χ1n) is 6.02. The number of rotatable bonds is 6. The minimum Gasteiger partial charge on any atom is -0.508 e. The second-order valence-corrected chi connectivity index (χ2v) is 4.17. The number of carbonyl (C=O) groups excluding carboxylic acids is 2. The molecule has 0 amide bonds. The zero-order chi connectivity index (χ0) is 16.0. The quantitative estimate of drug-likeness (QED) is 0.357. The summed E-state index contributed by atoms with van der Waals surface area (Å²) in [6, 6.07) is 2.96. The molecule has 0 spiro atoms. The molecular formula is C14H16N2O5. The van der Waals surface area contributed by atoms with Crippen LogP contribution in [0.15, 0.2) is 29.7 Å². The van der Waals surface area contributed by atoms with Crippen LogP contribution in [0.2, 0.25) is 0 Å². The summed E-state index contributed by atoms with van der Waals surface area (Å²) >= 11 is 0. The van der Waals surface area contributed by atoms with Crippen LogP contribution in [0, 0.1) is 5.41 Å². The summed E-state index contributed by atoms with van der Waals surface area (Å²) in [7, 11) is 1.45. The first-order valence-corrected chi connectivity index (χ1v) is 6.02. The Kier molecular flexibility index (Phi) is 5.59. The molecule has 2 N–H and O–H groups in total. The number of hydrogen-bond acceptors (Lipinski definition) is 7. The highest BCUT2D eigenvalue weighted by atomic mass is 16.5. The lowest BCUT2D eigenvalue weighted by atomic mass is 10.1. The lowest BCUT2D eigenvalue weighted by Crippen LogP contribution is -2.15. The van der Waals surface area contributed by atoms with E-state index in [1.165, 1.54) is 39.3 Å². The molecule has 1 heterocycles. The number of Topliss-reactive ketones (excluding diaryl/α,β-unsaturated/α-hetero) is 1. The van der Waals surface area contributed by atoms with E-state index in [0.717, 1.165) is 0 Å². The van der Waals surface area contributed by atoms with Crippen molar-refractivity contribution in [2.75, 3.05) is 13.7 Å². The van der Waals surface area contributed by atoms with Crippen LogP contribution in [-0.2, 0) is 9.53 Å². The maximum atomic E-state index is 11.7. The van der Waals surface area contributed by atoms with Crippen molar-refractivity contribution >= 4 is 17.5 Å². The molecule has 7 nitrogen and oxygen atoms in total. The van der Waals surface area contributed by atoms with Crippen LogP contribution in [0.25, 0.3) is 0 Å². The predicted molar refractivity (Wildman–Crippen MR) is 74.8 cm³/mol. The van der Waals surface area contributed by atoms with Crippen molar-refractivity contribution in [1.29, 1.82) is 5.41 Å². The zero-order valence-corrected chi connectivity index (χ0v) is 12.0. The molecule has 0 bridgehead atoms. The van der Waals surface area contributed by atoms with Gasteiger partial charge in [-0.25, -0.2) is 9.78 Å². The molecule has 0 unspecified atom stereocenters. The Morgan fingerprint density at radius 1 is 1.33 bits per heavy atom. The van der Waals surface area contributed by atoms with Crippen LogP contribution in [0.4, 0.5) is 0 Å². The third-order valence-corrected chi connectivity index (χ3v) is 2.54. The van der Waals surface area contributed by atoms with Gasteiger partial charge >= 0.3 is 5.97 Å². The second kappa shape index (κ2) is 7.18. The van der Waals surface area contributed by atoms with E-state index in [1.807, 2.05) is 0 Å². The van der Waals surface area contributed by atoms with Crippen LogP contribution in [0.5, 0.6) is 5.88 Å². The largest absolute Gasteiger partial charge is 0.508 e. The molecule has 0 aliphatic rings. The Balaban J connectivity index is 2.77. The molecule has 0 saturated carbocycles. The lowest BCUT2D eigenvalue weighted by Gasteiger charge is -2.08. The summed E-state index contributed by atoms with van der Waals surface area (Å²) in [4.78, 5) is 26.9. The molecule has 0 saturated heterocycles. The fourth-order valence-corrected chi connectivity index (χ4v) is 1.59. The smallest absolute Gasteiger partial charge is 0.340 e. The maximum absolute atomic E-state index is 11.7. The fraction of sp³-hybridized carbons (Fsp3) is 0.286. The van der Waals surface area contributed by atoms with Gasteiger partial charge in [-0.05, 0) is 19.9 Å². The van der Waals surface area contributed by atoms with Crippen molar-refractivity contribution < 1.29 is 24.2 Å². The number of carbonyl (C=O) groups is 2. The molecule has 1 rings (SSSR count). The summed E-state index contributed by atoms with van der Waals surface area (Å²) in [5, 5.41) is 17.1. The number of ketones is 1. The summed E-state index contributed by atoms with van der Waals surface area (Å²) in [6.45, 7) is 2.09. The molecule has 0 radical (unpaired) electrons. The SMILES string of the molecule is COc1ccc(C(=O)OC/C(O)=C(\C(C)=N)C(C)=O)cn1. The number of allylic oxidation sites excluding steroid dienone is 1. The predicted octanol–water partition coefficient (Wildman–Crippen LogP) is 1.69. The third-order valence-electron chi connectivity index (χ3n) is 2.54. The summed E-state index contributed by atoms with van der Waals surface area (Å²) in [5.74, 6) is -1.28. The Morgan fingerprint density at radius 3 is 2.43 bits per heavy atom. The highest BCUT2D eigenvalue weighted by Crippen LogP contribution is 2.10. The normalized spacial score (nSPS) is 11.4. The van der Waals surface area contributed by atoms with E-state index in [-0.39, 0.29) is 16.8 Å². The number of aromatic nitrogens is 1. The number of methoxy groups -OCH3 is 1. The molecule has 0 fully saturated rings. The molecular weight excluding hydrogens is 276 g/mol. The monoisotopic (exact) mass is 292 g/mol. The van der Waals surface area contributed by atoms with Gasteiger partial charge in [-0.3, -0.25) is 4.79 Å². The van der Waals surface area contributed by atoms with Crippen LogP contribution in [-0.4, -0.2) is 41.3 Å². The van der Waals surface area contributed by atoms with Gasteiger partial charge in [0.05, 0.1) is 18.2 Å². The van der Waals surface area contributed by atoms with Gasteiger partial charge < -0.3 is 20.0 Å². The number of hydrogen-bond donors (Lipinski definition) is 2. The van der Waals surface area contributed by atoms with Crippen molar-refractivity contribution in [2.45, 2.75) is 13.8 Å². The number of ether oxygens (including phenoxy) is 2. The van der Waals surface area contributed by atoms with E-state index in [4.69, 9.17) is 14.9 Å². The third kappa shape index (κ3) is 4.41. The van der Waals surface area contributed by atoms with Gasteiger partial charge in [0.25, 0.3) is 0 Å². The highest BCUT2D eigenvalue weighted by molar-refractivity contribution is 6.19. The van der Waals surface area contributed by atoms with Gasteiger partial charge in [0.15, 0.2) is 5.78 Å². The van der Waals surface area contributed by atoms with Crippen LogP contribution >= 0.6 is 0 Å². The van der Waals surface area contributed by atoms with Crippen molar-refractivity contribution in [3.05, 3.63) is 35.2 Å². The molecule has 7 heteroatoms. The minimum absolute atomic E-state index is 0.0952. The number of aliphatic hydroxyl groups excluding tert-OH is 1. The molecule has 0 aliphatic carbocycles. The van der Waals surface area contributed by atoms with Gasteiger partial charge in [0, 0.05) is 18.0 Å². The average molecular weight is 292 g/mol. The van der Waals surface area contributed by atoms with Crippen LogP contribution in [0.1, 0.15) is 24.2 Å². The first kappa shape index (κ1) is 16.4. The van der Waals surface area contributed by atoms with E-state index in [1.54, 1.807) is 0 Å². The van der Waals surface area contributed by atoms with Crippen molar-refractivity contribution in [2.24, 2.45) is 0 Å². The van der Waals surface area contributed by atoms with Crippen molar-refractivity contribution in [3.63, 3.8) is 0 Å². The van der Waals surface area contributed by atoms with E-state index in [0.29, 0.717) is 5.88 Å². The number of aliphatic hydroxyl groups is 1. The number of esters is 1. The Hall–Kier alpha value is -2.70. The molecule has 1 aromatic rings. The average Bonchev–Trinajstić information content (AvgIpc) is 2.44. The Bertz CT molecular complexity index is 574. The minimum atomic E-state index is -0.706. The van der Waals surface area contributed by atoms with Crippen LogP contribution < -0.4 is 4.74 Å². The number of pyridine rings is 1. The number of nitrogens with zero attached hydrogens (tertiary/aromatic N) is 1. The number of nitrogens with one attached hydrogen (secondary N) is 1. The molecule has 0 aromatic carbocycles. The van der Waals surface area contributed by atoms with E-state index in [9.17, 15) is 14.7 Å². The van der Waals surface area contributed by atoms with Gasteiger partial charge in [-0.15, -0.1) is 0 Å². The fourth-order valence-electron chi connectivity index (χ4n) is 1.59. The first-order chi connectivity index (χ1) is 9.86. The maximum Gasteiger partial charge on any atom is 0.340 e. The Labute approximate surface area is 121 Å². The van der Waals surface area contributed by atoms with Gasteiger partial charge in [0.1, 0.15) is 12.4 Å². The standard InChI is InChI=1S/C14H16N2O5/c1-8(15)13(9(2)17)11(18)7-21-14(19)10-4-5-12(20-3)16-6-10/h4-6,15,18H,7H2,1-3H3/b13-11-,15-8?. The van der Waals surface area contributed by atoms with Gasteiger partial charge in [0.2, 0.25) is 5.88 Å². The van der Waals surface area contributed by atoms with Crippen LogP contribution in [0.3, 0.4) is 0 Å². The topological polar surface area (TPSA) is 110 Å². The zero-order valence-electron chi connectivity index (χ0n) is 12.0.